The van der Waals surface area contributed by atoms with Crippen LogP contribution in [0, 0.1) is 12.7 Å². The quantitative estimate of drug-likeness (QED) is 0.355. The average molecular weight is 504 g/mol. The highest BCUT2D eigenvalue weighted by Gasteiger charge is 2.34. The molecule has 5 rings (SSSR count). The number of aliphatic hydroxyl groups excluding tert-OH is 1. The van der Waals surface area contributed by atoms with Gasteiger partial charge in [0.1, 0.15) is 11.5 Å². The number of hydrogen-bond donors (Lipinski definition) is 1. The molecule has 2 aromatic carbocycles. The summed E-state index contributed by atoms with van der Waals surface area (Å²) in [6, 6.07) is 15.2. The summed E-state index contributed by atoms with van der Waals surface area (Å²) >= 11 is 1.34. The van der Waals surface area contributed by atoms with E-state index in [2.05, 4.69) is 9.97 Å². The van der Waals surface area contributed by atoms with Gasteiger partial charge in [-0.25, -0.2) is 9.37 Å². The van der Waals surface area contributed by atoms with E-state index in [9.17, 15) is 19.1 Å². The van der Waals surface area contributed by atoms with E-state index < -0.39 is 6.10 Å². The molecule has 1 aliphatic rings. The molecule has 184 valence electrons. The van der Waals surface area contributed by atoms with Crippen molar-refractivity contribution >= 4 is 33.9 Å². The minimum absolute atomic E-state index is 0.0252. The Bertz CT molecular complexity index is 1430. The van der Waals surface area contributed by atoms with Gasteiger partial charge in [-0.3, -0.25) is 14.6 Å². The minimum atomic E-state index is -0.638. The molecule has 1 fully saturated rings. The number of fused-ring (bicyclic) bond motifs is 1. The molecule has 1 amide bonds. The summed E-state index contributed by atoms with van der Waals surface area (Å²) in [6.07, 6.45) is 2.91. The van der Waals surface area contributed by atoms with Gasteiger partial charge in [0.05, 0.1) is 21.5 Å². The molecule has 0 bridgehead atoms. The second-order valence-corrected chi connectivity index (χ2v) is 10.3. The summed E-state index contributed by atoms with van der Waals surface area (Å²) in [5, 5.41) is 12.0. The smallest absolute Gasteiger partial charge is 0.274 e. The number of halogens is 1. The number of carbonyl (C=O) groups is 2. The van der Waals surface area contributed by atoms with Crippen LogP contribution < -0.4 is 0 Å². The Morgan fingerprint density at radius 3 is 2.78 bits per heavy atom. The zero-order valence-electron chi connectivity index (χ0n) is 19.9. The van der Waals surface area contributed by atoms with E-state index in [1.807, 2.05) is 31.2 Å². The Balaban J connectivity index is 1.38. The predicted octanol–water partition coefficient (Wildman–Crippen LogP) is 5.43. The number of pyridine rings is 1. The molecular formula is C28H26FN3O3S. The summed E-state index contributed by atoms with van der Waals surface area (Å²) in [5.74, 6) is -0.714. The van der Waals surface area contributed by atoms with Crippen molar-refractivity contribution < 1.29 is 19.1 Å². The first-order chi connectivity index (χ1) is 17.4. The molecule has 8 heteroatoms. The zero-order valence-corrected chi connectivity index (χ0v) is 20.7. The first-order valence-electron chi connectivity index (χ1n) is 12.0. The number of carbonyl (C=O) groups excluding carboxylic acids is 2. The van der Waals surface area contributed by atoms with E-state index in [0.717, 1.165) is 5.39 Å². The van der Waals surface area contributed by atoms with E-state index in [0.29, 0.717) is 45.8 Å². The van der Waals surface area contributed by atoms with Gasteiger partial charge in [-0.2, -0.15) is 0 Å². The largest absolute Gasteiger partial charge is 0.391 e. The molecule has 36 heavy (non-hydrogen) atoms. The lowest BCUT2D eigenvalue weighted by Crippen LogP contribution is -2.49. The van der Waals surface area contributed by atoms with Crippen molar-refractivity contribution in [3.8, 4) is 10.4 Å². The molecular weight excluding hydrogens is 477 g/mol. The number of aromatic nitrogens is 2. The third-order valence-electron chi connectivity index (χ3n) is 6.60. The molecule has 2 aromatic heterocycles. The highest BCUT2D eigenvalue weighted by Crippen LogP contribution is 2.33. The van der Waals surface area contributed by atoms with Gasteiger partial charge < -0.3 is 10.0 Å². The lowest BCUT2D eigenvalue weighted by atomic mass is 9.93. The number of para-hydroxylation sites is 1. The van der Waals surface area contributed by atoms with Gasteiger partial charge in [0.2, 0.25) is 0 Å². The number of rotatable bonds is 6. The van der Waals surface area contributed by atoms with Crippen LogP contribution in [0.2, 0.25) is 0 Å². The van der Waals surface area contributed by atoms with Crippen LogP contribution in [0.25, 0.3) is 21.3 Å². The number of β-amino-alcohol motifs (C(OH)–C–C–N with tert-alkyl or cyclic N) is 1. The third kappa shape index (κ3) is 4.92. The van der Waals surface area contributed by atoms with Gasteiger partial charge in [0.25, 0.3) is 5.91 Å². The van der Waals surface area contributed by atoms with Crippen LogP contribution in [0.1, 0.15) is 51.5 Å². The van der Waals surface area contributed by atoms with Crippen molar-refractivity contribution in [2.45, 2.75) is 44.8 Å². The highest BCUT2D eigenvalue weighted by atomic mass is 32.1. The Morgan fingerprint density at radius 2 is 1.94 bits per heavy atom. The number of aliphatic hydroxyl groups is 1. The number of likely N-dealkylation sites (tertiary alicyclic amines) is 1. The molecule has 1 saturated heterocycles. The second kappa shape index (κ2) is 10.2. The summed E-state index contributed by atoms with van der Waals surface area (Å²) in [4.78, 5) is 38.0. The van der Waals surface area contributed by atoms with E-state index in [1.54, 1.807) is 29.3 Å². The second-order valence-electron chi connectivity index (χ2n) is 9.11. The van der Waals surface area contributed by atoms with Crippen LogP contribution in [0.3, 0.4) is 0 Å². The Morgan fingerprint density at radius 1 is 1.14 bits per heavy atom. The zero-order chi connectivity index (χ0) is 25.2. The highest BCUT2D eigenvalue weighted by molar-refractivity contribution is 7.15. The number of nitrogens with zero attached hydrogens (tertiary/aromatic N) is 3. The number of ketones is 1. The van der Waals surface area contributed by atoms with Crippen molar-refractivity contribution in [3.05, 3.63) is 82.9 Å². The predicted molar refractivity (Wildman–Crippen MR) is 138 cm³/mol. The van der Waals surface area contributed by atoms with Crippen LogP contribution in [-0.4, -0.2) is 50.4 Å². The monoisotopic (exact) mass is 503 g/mol. The Kier molecular flexibility index (Phi) is 6.89. The van der Waals surface area contributed by atoms with E-state index in [1.165, 1.54) is 23.5 Å². The SMILES string of the molecule is Cc1nc(C(=O)N2CC(O)CCC2CCC(=O)c2cccc3cccnc23)c(-c2cccc(F)c2)s1. The molecule has 0 aliphatic carbocycles. The maximum atomic E-state index is 13.9. The fourth-order valence-electron chi connectivity index (χ4n) is 4.85. The summed E-state index contributed by atoms with van der Waals surface area (Å²) in [5.41, 5.74) is 2.10. The lowest BCUT2D eigenvalue weighted by Gasteiger charge is -2.38. The van der Waals surface area contributed by atoms with Crippen LogP contribution in [-0.2, 0) is 0 Å². The summed E-state index contributed by atoms with van der Waals surface area (Å²) < 4.78 is 13.9. The van der Waals surface area contributed by atoms with Gasteiger partial charge in [-0.05, 0) is 56.0 Å². The number of Topliss-reactive ketones (excluding diaryl/α,β-unsaturated/α-hetero) is 1. The molecule has 2 atom stereocenters. The summed E-state index contributed by atoms with van der Waals surface area (Å²) in [6.45, 7) is 1.98. The number of aryl methyl sites for hydroxylation is 1. The normalized spacial score (nSPS) is 17.9. The van der Waals surface area contributed by atoms with Crippen molar-refractivity contribution in [3.63, 3.8) is 0 Å². The van der Waals surface area contributed by atoms with E-state index >= 15 is 0 Å². The Hall–Kier alpha value is -3.49. The number of piperidine rings is 1. The van der Waals surface area contributed by atoms with Crippen molar-refractivity contribution in [2.24, 2.45) is 0 Å². The summed E-state index contributed by atoms with van der Waals surface area (Å²) in [7, 11) is 0. The number of hydrogen-bond acceptors (Lipinski definition) is 6. The van der Waals surface area contributed by atoms with Gasteiger partial charge in [0.15, 0.2) is 5.78 Å². The van der Waals surface area contributed by atoms with Crippen molar-refractivity contribution in [1.82, 2.24) is 14.9 Å². The molecule has 1 N–H and O–H groups in total. The van der Waals surface area contributed by atoms with Crippen LogP contribution >= 0.6 is 11.3 Å². The average Bonchev–Trinajstić information content (AvgIpc) is 3.28. The van der Waals surface area contributed by atoms with Crippen LogP contribution in [0.4, 0.5) is 4.39 Å². The fraction of sp³-hybridized carbons (Fsp3) is 0.286. The number of amides is 1. The molecule has 0 spiro atoms. The van der Waals surface area contributed by atoms with Crippen molar-refractivity contribution in [1.29, 1.82) is 0 Å². The van der Waals surface area contributed by atoms with Gasteiger partial charge in [-0.15, -0.1) is 11.3 Å². The van der Waals surface area contributed by atoms with Gasteiger partial charge >= 0.3 is 0 Å². The lowest BCUT2D eigenvalue weighted by molar-refractivity contribution is 0.0248. The third-order valence-corrected chi connectivity index (χ3v) is 7.62. The molecule has 0 saturated carbocycles. The van der Waals surface area contributed by atoms with Crippen LogP contribution in [0.5, 0.6) is 0 Å². The standard InChI is InChI=1S/C28H26FN3O3S/c1-17-31-26(27(36-17)19-6-2-8-20(29)15-19)28(35)32-16-22(33)12-10-21(32)11-13-24(34)23-9-3-5-18-7-4-14-30-25(18)23/h2-9,14-15,21-22,33H,10-13,16H2,1H3. The van der Waals surface area contributed by atoms with Gasteiger partial charge in [-0.1, -0.05) is 30.3 Å². The first-order valence-corrected chi connectivity index (χ1v) is 12.8. The number of thiazole rings is 1. The molecule has 4 aromatic rings. The van der Waals surface area contributed by atoms with Crippen LogP contribution in [0.15, 0.2) is 60.8 Å². The molecule has 0 radical (unpaired) electrons. The molecule has 2 unspecified atom stereocenters. The molecule has 6 nitrogen and oxygen atoms in total. The molecule has 3 heterocycles. The maximum absolute atomic E-state index is 13.9. The fourth-order valence-corrected chi connectivity index (χ4v) is 5.76. The van der Waals surface area contributed by atoms with Gasteiger partial charge in [0, 0.05) is 36.2 Å². The molecule has 1 aliphatic heterocycles. The first kappa shape index (κ1) is 24.2. The minimum Gasteiger partial charge on any atom is -0.391 e. The maximum Gasteiger partial charge on any atom is 0.274 e. The topological polar surface area (TPSA) is 83.4 Å². The Labute approximate surface area is 212 Å². The number of benzene rings is 2. The van der Waals surface area contributed by atoms with E-state index in [-0.39, 0.29) is 42.2 Å². The van der Waals surface area contributed by atoms with Crippen molar-refractivity contribution in [2.75, 3.05) is 6.54 Å². The van der Waals surface area contributed by atoms with E-state index in [4.69, 9.17) is 0 Å².